The van der Waals surface area contributed by atoms with E-state index in [1.54, 1.807) is 26.0 Å². The fourth-order valence-corrected chi connectivity index (χ4v) is 2.90. The second-order valence-corrected chi connectivity index (χ2v) is 5.46. The highest BCUT2D eigenvalue weighted by Gasteiger charge is 2.39. The van der Waals surface area contributed by atoms with Crippen molar-refractivity contribution in [3.63, 3.8) is 0 Å². The van der Waals surface area contributed by atoms with Gasteiger partial charge in [0.05, 0.1) is 5.54 Å². The van der Waals surface area contributed by atoms with Crippen LogP contribution in [0.5, 0.6) is 0 Å². The Balaban J connectivity index is 2.59. The molecule has 0 amide bonds. The lowest BCUT2D eigenvalue weighted by molar-refractivity contribution is 0.216. The molecule has 96 valence electrons. The molecule has 1 saturated carbocycles. The van der Waals surface area contributed by atoms with E-state index in [1.807, 2.05) is 18.2 Å². The average molecular weight is 247 g/mol. The van der Waals surface area contributed by atoms with E-state index in [9.17, 15) is 9.18 Å². The lowest BCUT2D eigenvalue weighted by Crippen LogP contribution is -2.25. The van der Waals surface area contributed by atoms with Crippen LogP contribution in [0.25, 0.3) is 0 Å². The first-order valence-electron chi connectivity index (χ1n) is 6.37. The fraction of sp³-hybridized carbons (Fsp3) is 0.533. The number of hydrogen-bond donors (Lipinski definition) is 0. The Morgan fingerprint density at radius 2 is 1.89 bits per heavy atom. The SMILES string of the molecule is CC(C)(F)c1ccccc1C1(N=C=O)CCCC1. The molecule has 0 heterocycles. The Morgan fingerprint density at radius 1 is 1.28 bits per heavy atom. The molecule has 2 rings (SSSR count). The minimum Gasteiger partial charge on any atom is -0.239 e. The Bertz CT molecular complexity index is 478. The summed E-state index contributed by atoms with van der Waals surface area (Å²) >= 11 is 0. The van der Waals surface area contributed by atoms with Crippen LogP contribution in [0.4, 0.5) is 4.39 Å². The van der Waals surface area contributed by atoms with Gasteiger partial charge in [0.15, 0.2) is 0 Å². The van der Waals surface area contributed by atoms with Gasteiger partial charge >= 0.3 is 0 Å². The largest absolute Gasteiger partial charge is 0.239 e. The third kappa shape index (κ3) is 2.23. The minimum absolute atomic E-state index is 0.554. The highest BCUT2D eigenvalue weighted by Crippen LogP contribution is 2.45. The quantitative estimate of drug-likeness (QED) is 0.586. The van der Waals surface area contributed by atoms with Crippen molar-refractivity contribution in [2.45, 2.75) is 50.7 Å². The minimum atomic E-state index is -1.43. The van der Waals surface area contributed by atoms with Gasteiger partial charge in [0.25, 0.3) is 0 Å². The van der Waals surface area contributed by atoms with Crippen molar-refractivity contribution >= 4 is 6.08 Å². The van der Waals surface area contributed by atoms with Gasteiger partial charge in [0, 0.05) is 0 Å². The molecule has 0 bridgehead atoms. The second-order valence-electron chi connectivity index (χ2n) is 5.46. The molecule has 1 aromatic carbocycles. The molecule has 0 aromatic heterocycles. The number of halogens is 1. The van der Waals surface area contributed by atoms with Crippen LogP contribution in [0.1, 0.15) is 50.7 Å². The first-order chi connectivity index (χ1) is 8.49. The first-order valence-corrected chi connectivity index (χ1v) is 6.37. The van der Waals surface area contributed by atoms with Crippen molar-refractivity contribution in [1.29, 1.82) is 0 Å². The number of isocyanates is 1. The van der Waals surface area contributed by atoms with Gasteiger partial charge < -0.3 is 0 Å². The van der Waals surface area contributed by atoms with Gasteiger partial charge in [-0.1, -0.05) is 37.1 Å². The molecule has 0 radical (unpaired) electrons. The molecule has 0 saturated heterocycles. The number of rotatable bonds is 3. The van der Waals surface area contributed by atoms with Crippen LogP contribution in [0.2, 0.25) is 0 Å². The Kier molecular flexibility index (Phi) is 3.36. The molecule has 1 fully saturated rings. The monoisotopic (exact) mass is 247 g/mol. The summed E-state index contributed by atoms with van der Waals surface area (Å²) in [6, 6.07) is 7.39. The molecule has 1 aliphatic rings. The van der Waals surface area contributed by atoms with Crippen LogP contribution in [-0.4, -0.2) is 6.08 Å². The molecule has 2 nitrogen and oxygen atoms in total. The van der Waals surface area contributed by atoms with E-state index in [2.05, 4.69) is 4.99 Å². The van der Waals surface area contributed by atoms with Crippen LogP contribution >= 0.6 is 0 Å². The Hall–Kier alpha value is -1.47. The van der Waals surface area contributed by atoms with Gasteiger partial charge in [-0.2, -0.15) is 4.99 Å². The highest BCUT2D eigenvalue weighted by molar-refractivity contribution is 5.43. The number of benzene rings is 1. The van der Waals surface area contributed by atoms with Crippen LogP contribution in [-0.2, 0) is 16.0 Å². The molecule has 0 aliphatic heterocycles. The summed E-state index contributed by atoms with van der Waals surface area (Å²) in [7, 11) is 0. The van der Waals surface area contributed by atoms with Crippen molar-refractivity contribution in [2.75, 3.05) is 0 Å². The average Bonchev–Trinajstić information content (AvgIpc) is 2.78. The van der Waals surface area contributed by atoms with Gasteiger partial charge in [0.2, 0.25) is 6.08 Å². The lowest BCUT2D eigenvalue weighted by atomic mass is 9.81. The number of alkyl halides is 1. The van der Waals surface area contributed by atoms with Gasteiger partial charge in [0.1, 0.15) is 5.67 Å². The summed E-state index contributed by atoms with van der Waals surface area (Å²) in [5, 5.41) is 0. The van der Waals surface area contributed by atoms with Crippen molar-refractivity contribution < 1.29 is 9.18 Å². The molecule has 18 heavy (non-hydrogen) atoms. The zero-order valence-corrected chi connectivity index (χ0v) is 10.9. The van der Waals surface area contributed by atoms with Crippen LogP contribution in [0, 0.1) is 0 Å². The maximum atomic E-state index is 14.3. The number of hydrogen-bond acceptors (Lipinski definition) is 2. The van der Waals surface area contributed by atoms with E-state index in [1.165, 1.54) is 0 Å². The van der Waals surface area contributed by atoms with Crippen LogP contribution in [0.15, 0.2) is 29.3 Å². The maximum Gasteiger partial charge on any atom is 0.235 e. The Morgan fingerprint density at radius 3 is 2.44 bits per heavy atom. The highest BCUT2D eigenvalue weighted by atomic mass is 19.1. The summed E-state index contributed by atoms with van der Waals surface area (Å²) in [4.78, 5) is 14.7. The summed E-state index contributed by atoms with van der Waals surface area (Å²) in [5.74, 6) is 0. The van der Waals surface area contributed by atoms with E-state index >= 15 is 0 Å². The van der Waals surface area contributed by atoms with Crippen molar-refractivity contribution in [3.8, 4) is 0 Å². The lowest BCUT2D eigenvalue weighted by Gasteiger charge is -2.29. The molecule has 0 unspecified atom stereocenters. The summed E-state index contributed by atoms with van der Waals surface area (Å²) in [6.07, 6.45) is 5.32. The van der Waals surface area contributed by atoms with E-state index in [0.717, 1.165) is 31.2 Å². The van der Waals surface area contributed by atoms with Gasteiger partial charge in [-0.15, -0.1) is 0 Å². The summed E-state index contributed by atoms with van der Waals surface area (Å²) in [5.41, 5.74) is -0.504. The van der Waals surface area contributed by atoms with E-state index in [-0.39, 0.29) is 0 Å². The molecular formula is C15H18FNO. The van der Waals surface area contributed by atoms with Crippen LogP contribution < -0.4 is 0 Å². The molecular weight excluding hydrogens is 229 g/mol. The molecule has 1 aromatic rings. The third-order valence-electron chi connectivity index (χ3n) is 3.76. The Labute approximate surface area is 107 Å². The number of nitrogens with zero attached hydrogens (tertiary/aromatic N) is 1. The molecule has 0 N–H and O–H groups in total. The molecule has 0 atom stereocenters. The zero-order valence-electron chi connectivity index (χ0n) is 10.9. The van der Waals surface area contributed by atoms with E-state index in [4.69, 9.17) is 0 Å². The van der Waals surface area contributed by atoms with Crippen LogP contribution in [0.3, 0.4) is 0 Å². The van der Waals surface area contributed by atoms with E-state index < -0.39 is 11.2 Å². The van der Waals surface area contributed by atoms with Crippen molar-refractivity contribution in [2.24, 2.45) is 4.99 Å². The first kappa shape index (κ1) is 13.0. The van der Waals surface area contributed by atoms with Crippen molar-refractivity contribution in [1.82, 2.24) is 0 Å². The predicted octanol–water partition coefficient (Wildman–Crippen LogP) is 4.00. The normalized spacial score (nSPS) is 18.4. The van der Waals surface area contributed by atoms with Gasteiger partial charge in [-0.3, -0.25) is 0 Å². The molecule has 1 aliphatic carbocycles. The van der Waals surface area contributed by atoms with Crippen molar-refractivity contribution in [3.05, 3.63) is 35.4 Å². The summed E-state index contributed by atoms with van der Waals surface area (Å²) in [6.45, 7) is 3.08. The summed E-state index contributed by atoms with van der Waals surface area (Å²) < 4.78 is 14.3. The topological polar surface area (TPSA) is 29.4 Å². The van der Waals surface area contributed by atoms with Gasteiger partial charge in [-0.05, 0) is 37.8 Å². The molecule has 0 spiro atoms. The second kappa shape index (κ2) is 4.66. The number of carbonyl (C=O) groups excluding carboxylic acids is 1. The third-order valence-corrected chi connectivity index (χ3v) is 3.76. The fourth-order valence-electron chi connectivity index (χ4n) is 2.90. The molecule has 3 heteroatoms. The van der Waals surface area contributed by atoms with Gasteiger partial charge in [-0.25, -0.2) is 9.18 Å². The smallest absolute Gasteiger partial charge is 0.235 e. The zero-order chi connectivity index (χ0) is 13.2. The number of aliphatic imine (C=N–C) groups is 1. The van der Waals surface area contributed by atoms with E-state index in [0.29, 0.717) is 5.56 Å². The predicted molar refractivity (Wildman–Crippen MR) is 68.8 cm³/mol. The maximum absolute atomic E-state index is 14.3. The standard InChI is InChI=1S/C15H18FNO/c1-14(2,16)12-7-3-4-8-13(12)15(17-11-18)9-5-6-10-15/h3-4,7-8H,5-6,9-10H2,1-2H3.